The highest BCUT2D eigenvalue weighted by atomic mass is 16.2. The monoisotopic (exact) mass is 300 g/mol. The molecule has 0 bridgehead atoms. The van der Waals surface area contributed by atoms with Crippen LogP contribution in [0.3, 0.4) is 0 Å². The Labute approximate surface area is 131 Å². The van der Waals surface area contributed by atoms with E-state index in [4.69, 9.17) is 0 Å². The van der Waals surface area contributed by atoms with Crippen LogP contribution in [0.2, 0.25) is 0 Å². The Morgan fingerprint density at radius 2 is 2.14 bits per heavy atom. The van der Waals surface area contributed by atoms with Crippen LogP contribution in [0.25, 0.3) is 0 Å². The van der Waals surface area contributed by atoms with Crippen LogP contribution in [-0.4, -0.2) is 33.7 Å². The van der Waals surface area contributed by atoms with Crippen molar-refractivity contribution in [3.05, 3.63) is 18.0 Å². The summed E-state index contributed by atoms with van der Waals surface area (Å²) in [7, 11) is 0. The first-order valence-electron chi connectivity index (χ1n) is 8.36. The van der Waals surface area contributed by atoms with Gasteiger partial charge >= 0.3 is 0 Å². The van der Waals surface area contributed by atoms with E-state index in [0.29, 0.717) is 6.54 Å². The third-order valence-electron chi connectivity index (χ3n) is 5.12. The largest absolute Gasteiger partial charge is 0.339 e. The predicted molar refractivity (Wildman–Crippen MR) is 82.9 cm³/mol. The molecule has 1 aromatic heterocycles. The van der Waals surface area contributed by atoms with Crippen LogP contribution in [-0.2, 0) is 4.79 Å². The Morgan fingerprint density at radius 3 is 2.77 bits per heavy atom. The Bertz CT molecular complexity index is 580. The van der Waals surface area contributed by atoms with Gasteiger partial charge in [-0.15, -0.1) is 0 Å². The van der Waals surface area contributed by atoms with E-state index in [1.54, 1.807) is 0 Å². The molecule has 0 N–H and O–H groups in total. The molecule has 3 rings (SSSR count). The number of hydrogen-bond donors (Lipinski definition) is 0. The smallest absolute Gasteiger partial charge is 0.243 e. The lowest BCUT2D eigenvalue weighted by atomic mass is 9.74. The number of rotatable bonds is 2. The molecular formula is C17H24N4O. The van der Waals surface area contributed by atoms with E-state index < -0.39 is 5.41 Å². The van der Waals surface area contributed by atoms with Crippen LogP contribution in [0.15, 0.2) is 12.4 Å². The van der Waals surface area contributed by atoms with Crippen molar-refractivity contribution in [2.75, 3.05) is 13.1 Å². The van der Waals surface area contributed by atoms with Gasteiger partial charge in [-0.2, -0.15) is 10.4 Å². The molecule has 1 amide bonds. The highest BCUT2D eigenvalue weighted by Gasteiger charge is 2.43. The Balaban J connectivity index is 1.74. The number of nitrogens with zero attached hydrogens (tertiary/aromatic N) is 4. The van der Waals surface area contributed by atoms with E-state index in [0.717, 1.165) is 57.1 Å². The van der Waals surface area contributed by atoms with Gasteiger partial charge in [-0.3, -0.25) is 9.48 Å². The van der Waals surface area contributed by atoms with Gasteiger partial charge < -0.3 is 4.90 Å². The molecule has 5 heteroatoms. The van der Waals surface area contributed by atoms with Gasteiger partial charge in [0.2, 0.25) is 5.91 Å². The highest BCUT2D eigenvalue weighted by molar-refractivity contribution is 5.85. The molecule has 0 spiro atoms. The zero-order valence-electron chi connectivity index (χ0n) is 13.3. The summed E-state index contributed by atoms with van der Waals surface area (Å²) in [5.41, 5.74) is 0.379. The number of hydrogen-bond acceptors (Lipinski definition) is 3. The first-order valence-corrected chi connectivity index (χ1v) is 8.36. The van der Waals surface area contributed by atoms with E-state index in [-0.39, 0.29) is 11.9 Å². The van der Waals surface area contributed by atoms with Gasteiger partial charge in [0.1, 0.15) is 5.41 Å². The molecule has 1 atom stereocenters. The first kappa shape index (κ1) is 15.1. The standard InChI is InChI=1S/C17H24N4O/c1-14-10-19-21(11-14)15-6-5-9-20(12-15)16(22)17(13-18)7-3-2-4-8-17/h10-11,15H,2-9,12H2,1H3/t15-/m0/s1. The molecule has 0 aromatic carbocycles. The summed E-state index contributed by atoms with van der Waals surface area (Å²) in [6.07, 6.45) is 10.5. The lowest BCUT2D eigenvalue weighted by Gasteiger charge is -2.39. The quantitative estimate of drug-likeness (QED) is 0.843. The van der Waals surface area contributed by atoms with E-state index in [2.05, 4.69) is 11.2 Å². The van der Waals surface area contributed by atoms with Crippen molar-refractivity contribution >= 4 is 5.91 Å². The second-order valence-corrected chi connectivity index (χ2v) is 6.80. The van der Waals surface area contributed by atoms with Crippen molar-refractivity contribution in [3.63, 3.8) is 0 Å². The number of piperidine rings is 1. The molecule has 0 radical (unpaired) electrons. The van der Waals surface area contributed by atoms with Crippen molar-refractivity contribution in [3.8, 4) is 6.07 Å². The highest BCUT2D eigenvalue weighted by Crippen LogP contribution is 2.38. The van der Waals surface area contributed by atoms with Crippen molar-refractivity contribution in [1.29, 1.82) is 5.26 Å². The fourth-order valence-electron chi connectivity index (χ4n) is 3.82. The number of nitriles is 1. The van der Waals surface area contributed by atoms with Crippen LogP contribution < -0.4 is 0 Å². The summed E-state index contributed by atoms with van der Waals surface area (Å²) in [5.74, 6) is 0.0586. The zero-order valence-corrected chi connectivity index (χ0v) is 13.3. The minimum atomic E-state index is -0.764. The lowest BCUT2D eigenvalue weighted by molar-refractivity contribution is -0.142. The van der Waals surface area contributed by atoms with Crippen molar-refractivity contribution in [2.45, 2.75) is 57.9 Å². The first-order chi connectivity index (χ1) is 10.6. The predicted octanol–water partition coefficient (Wildman–Crippen LogP) is 2.83. The Morgan fingerprint density at radius 1 is 1.36 bits per heavy atom. The molecule has 2 fully saturated rings. The molecule has 0 unspecified atom stereocenters. The lowest BCUT2D eigenvalue weighted by Crippen LogP contribution is -2.48. The molecule has 22 heavy (non-hydrogen) atoms. The number of aryl methyl sites for hydroxylation is 1. The van der Waals surface area contributed by atoms with E-state index in [1.165, 1.54) is 0 Å². The summed E-state index contributed by atoms with van der Waals surface area (Å²) in [6.45, 7) is 3.49. The van der Waals surface area contributed by atoms with Gasteiger partial charge in [0.05, 0.1) is 18.3 Å². The zero-order chi connectivity index (χ0) is 15.6. The fourth-order valence-corrected chi connectivity index (χ4v) is 3.82. The van der Waals surface area contributed by atoms with Gasteiger partial charge in [-0.25, -0.2) is 0 Å². The van der Waals surface area contributed by atoms with Crippen molar-refractivity contribution < 1.29 is 4.79 Å². The van der Waals surface area contributed by atoms with Crippen molar-refractivity contribution in [2.24, 2.45) is 5.41 Å². The molecular weight excluding hydrogens is 276 g/mol. The maximum absolute atomic E-state index is 13.0. The normalized spacial score (nSPS) is 24.7. The van der Waals surface area contributed by atoms with Gasteiger partial charge in [-0.1, -0.05) is 19.3 Å². The average molecular weight is 300 g/mol. The fraction of sp³-hybridized carbons (Fsp3) is 0.706. The van der Waals surface area contributed by atoms with Crippen LogP contribution in [0.4, 0.5) is 0 Å². The molecule has 1 saturated heterocycles. The van der Waals surface area contributed by atoms with Crippen LogP contribution >= 0.6 is 0 Å². The molecule has 1 aliphatic carbocycles. The van der Waals surface area contributed by atoms with Crippen LogP contribution in [0.5, 0.6) is 0 Å². The molecule has 1 aromatic rings. The number of carbonyl (C=O) groups is 1. The minimum Gasteiger partial charge on any atom is -0.339 e. The van der Waals surface area contributed by atoms with Crippen LogP contribution in [0.1, 0.15) is 56.6 Å². The second-order valence-electron chi connectivity index (χ2n) is 6.80. The molecule has 118 valence electrons. The molecule has 2 aliphatic rings. The van der Waals surface area contributed by atoms with Gasteiger partial charge in [-0.05, 0) is 38.2 Å². The summed E-state index contributed by atoms with van der Waals surface area (Å²) < 4.78 is 1.98. The average Bonchev–Trinajstić information content (AvgIpc) is 3.01. The number of aromatic nitrogens is 2. The third-order valence-corrected chi connectivity index (χ3v) is 5.12. The maximum atomic E-state index is 13.0. The van der Waals surface area contributed by atoms with Crippen molar-refractivity contribution in [1.82, 2.24) is 14.7 Å². The summed E-state index contributed by atoms with van der Waals surface area (Å²) in [6, 6.07) is 2.60. The Kier molecular flexibility index (Phi) is 4.19. The SMILES string of the molecule is Cc1cnn([C@H]2CCCN(C(=O)C3(C#N)CCCCC3)C2)c1. The van der Waals surface area contributed by atoms with E-state index >= 15 is 0 Å². The van der Waals surface area contributed by atoms with E-state index in [9.17, 15) is 10.1 Å². The van der Waals surface area contributed by atoms with Crippen LogP contribution in [0, 0.1) is 23.7 Å². The number of amides is 1. The van der Waals surface area contributed by atoms with Gasteiger partial charge in [0.25, 0.3) is 0 Å². The number of likely N-dealkylation sites (tertiary alicyclic amines) is 1. The molecule has 1 aliphatic heterocycles. The topological polar surface area (TPSA) is 61.9 Å². The minimum absolute atomic E-state index is 0.0586. The Hall–Kier alpha value is -1.83. The maximum Gasteiger partial charge on any atom is 0.243 e. The van der Waals surface area contributed by atoms with E-state index in [1.807, 2.05) is 28.9 Å². The molecule has 2 heterocycles. The van der Waals surface area contributed by atoms with Gasteiger partial charge in [0.15, 0.2) is 0 Å². The summed E-state index contributed by atoms with van der Waals surface area (Å²) in [5, 5.41) is 14.0. The molecule has 1 saturated carbocycles. The summed E-state index contributed by atoms with van der Waals surface area (Å²) >= 11 is 0. The third kappa shape index (κ3) is 2.75. The second kappa shape index (κ2) is 6.12. The number of carbonyl (C=O) groups excluding carboxylic acids is 1. The van der Waals surface area contributed by atoms with Gasteiger partial charge in [0, 0.05) is 19.3 Å². The summed E-state index contributed by atoms with van der Waals surface area (Å²) in [4.78, 5) is 14.9. The molecule has 5 nitrogen and oxygen atoms in total.